The molecule has 2 fully saturated rings. The summed E-state index contributed by atoms with van der Waals surface area (Å²) in [7, 11) is 0. The summed E-state index contributed by atoms with van der Waals surface area (Å²) >= 11 is 2.05. The van der Waals surface area contributed by atoms with Crippen molar-refractivity contribution in [3.63, 3.8) is 0 Å². The van der Waals surface area contributed by atoms with Gasteiger partial charge in [-0.2, -0.15) is 11.8 Å². The zero-order valence-electron chi connectivity index (χ0n) is 11.5. The van der Waals surface area contributed by atoms with E-state index in [1.807, 2.05) is 12.3 Å². The summed E-state index contributed by atoms with van der Waals surface area (Å²) in [6.07, 6.45) is 6.84. The number of rotatable bonds is 2. The fourth-order valence-electron chi connectivity index (χ4n) is 3.20. The summed E-state index contributed by atoms with van der Waals surface area (Å²) < 4.78 is 7.96. The maximum Gasteiger partial charge on any atom is 0.160 e. The molecule has 2 aliphatic rings. The highest BCUT2D eigenvalue weighted by atomic mass is 32.2. The van der Waals surface area contributed by atoms with Gasteiger partial charge in [0.2, 0.25) is 0 Å². The fraction of sp³-hybridized carbons (Fsp3) is 0.600. The first-order valence-electron chi connectivity index (χ1n) is 7.45. The smallest absolute Gasteiger partial charge is 0.160 e. The van der Waals surface area contributed by atoms with Crippen LogP contribution in [-0.4, -0.2) is 33.5 Å². The number of nitrogens with zero attached hydrogens (tertiary/aromatic N) is 3. The monoisotopic (exact) mass is 289 g/mol. The molecule has 0 bridgehead atoms. The van der Waals surface area contributed by atoms with Crippen molar-refractivity contribution in [1.82, 2.24) is 14.5 Å². The molecule has 0 aromatic carbocycles. The lowest BCUT2D eigenvalue weighted by Gasteiger charge is -2.23. The first kappa shape index (κ1) is 12.7. The number of hydrogen-bond acceptors (Lipinski definition) is 4. The van der Waals surface area contributed by atoms with Gasteiger partial charge in [0.1, 0.15) is 11.3 Å². The van der Waals surface area contributed by atoms with Crippen LogP contribution in [0.2, 0.25) is 0 Å². The minimum absolute atomic E-state index is 0.410. The molecule has 2 atom stereocenters. The summed E-state index contributed by atoms with van der Waals surface area (Å²) in [6, 6.07) is 4.46. The molecule has 0 amide bonds. The molecule has 0 saturated carbocycles. The second kappa shape index (κ2) is 5.37. The van der Waals surface area contributed by atoms with E-state index in [-0.39, 0.29) is 0 Å². The Morgan fingerprint density at radius 1 is 1.30 bits per heavy atom. The molecule has 2 unspecified atom stereocenters. The molecule has 2 aromatic rings. The van der Waals surface area contributed by atoms with E-state index in [1.54, 1.807) is 0 Å². The molecule has 106 valence electrons. The third-order valence-electron chi connectivity index (χ3n) is 4.21. The van der Waals surface area contributed by atoms with Crippen molar-refractivity contribution in [2.45, 2.75) is 37.0 Å². The summed E-state index contributed by atoms with van der Waals surface area (Å²) in [5, 5.41) is 0.526. The van der Waals surface area contributed by atoms with E-state index in [0.29, 0.717) is 11.3 Å². The number of imidazole rings is 1. The van der Waals surface area contributed by atoms with Crippen LogP contribution in [0.4, 0.5) is 0 Å². The molecule has 0 N–H and O–H groups in total. The lowest BCUT2D eigenvalue weighted by atomic mass is 10.1. The average molecular weight is 289 g/mol. The SMILES string of the molecule is c1cnc2c(c1)nc(C1CCCCS1)n2C1CCOC1. The lowest BCUT2D eigenvalue weighted by Crippen LogP contribution is -2.16. The standard InChI is InChI=1S/C15H19N3OS/c1-2-9-20-13(5-1)15-17-12-4-3-7-16-14(12)18(15)11-6-8-19-10-11/h3-4,7,11,13H,1-2,5-6,8-10H2. The van der Waals surface area contributed by atoms with E-state index in [0.717, 1.165) is 30.8 Å². The van der Waals surface area contributed by atoms with Gasteiger partial charge in [0.25, 0.3) is 0 Å². The molecule has 0 aliphatic carbocycles. The van der Waals surface area contributed by atoms with Gasteiger partial charge in [0.05, 0.1) is 17.9 Å². The second-order valence-electron chi connectivity index (χ2n) is 5.56. The Labute approximate surface area is 122 Å². The first-order chi connectivity index (χ1) is 9.93. The van der Waals surface area contributed by atoms with Crippen LogP contribution >= 0.6 is 11.8 Å². The van der Waals surface area contributed by atoms with Crippen LogP contribution < -0.4 is 0 Å². The van der Waals surface area contributed by atoms with Gasteiger partial charge in [-0.25, -0.2) is 9.97 Å². The van der Waals surface area contributed by atoms with Gasteiger partial charge in [-0.1, -0.05) is 6.42 Å². The third kappa shape index (κ3) is 2.13. The van der Waals surface area contributed by atoms with Crippen molar-refractivity contribution in [2.24, 2.45) is 0 Å². The molecule has 2 aromatic heterocycles. The van der Waals surface area contributed by atoms with E-state index < -0.39 is 0 Å². The highest BCUT2D eigenvalue weighted by Gasteiger charge is 2.28. The number of fused-ring (bicyclic) bond motifs is 1. The number of aromatic nitrogens is 3. The van der Waals surface area contributed by atoms with Gasteiger partial charge in [0, 0.05) is 12.8 Å². The zero-order chi connectivity index (χ0) is 13.4. The van der Waals surface area contributed by atoms with E-state index in [1.165, 1.54) is 30.8 Å². The second-order valence-corrected chi connectivity index (χ2v) is 6.87. The van der Waals surface area contributed by atoms with E-state index in [4.69, 9.17) is 9.72 Å². The number of thioether (sulfide) groups is 1. The predicted octanol–water partition coefficient (Wildman–Crippen LogP) is 3.35. The number of hydrogen-bond donors (Lipinski definition) is 0. The molecule has 2 saturated heterocycles. The van der Waals surface area contributed by atoms with E-state index in [2.05, 4.69) is 27.4 Å². The third-order valence-corrected chi connectivity index (χ3v) is 5.59. The summed E-state index contributed by atoms with van der Waals surface area (Å²) in [4.78, 5) is 9.48. The quantitative estimate of drug-likeness (QED) is 0.850. The molecule has 5 heteroatoms. The van der Waals surface area contributed by atoms with Gasteiger partial charge in [-0.15, -0.1) is 0 Å². The molecule has 4 rings (SSSR count). The fourth-order valence-corrected chi connectivity index (χ4v) is 4.51. The Bertz CT molecular complexity index is 600. The van der Waals surface area contributed by atoms with Crippen molar-refractivity contribution >= 4 is 22.9 Å². The van der Waals surface area contributed by atoms with E-state index >= 15 is 0 Å². The van der Waals surface area contributed by atoms with Gasteiger partial charge < -0.3 is 9.30 Å². The minimum Gasteiger partial charge on any atom is -0.379 e. The van der Waals surface area contributed by atoms with Gasteiger partial charge in [-0.05, 0) is 37.1 Å². The number of ether oxygens (including phenoxy) is 1. The zero-order valence-corrected chi connectivity index (χ0v) is 12.3. The molecule has 0 spiro atoms. The largest absolute Gasteiger partial charge is 0.379 e. The predicted molar refractivity (Wildman–Crippen MR) is 81.1 cm³/mol. The Balaban J connectivity index is 1.82. The van der Waals surface area contributed by atoms with Crippen molar-refractivity contribution in [1.29, 1.82) is 0 Å². The van der Waals surface area contributed by atoms with Crippen LogP contribution in [-0.2, 0) is 4.74 Å². The normalized spacial score (nSPS) is 27.2. The maximum atomic E-state index is 5.59. The summed E-state index contributed by atoms with van der Waals surface area (Å²) in [5.41, 5.74) is 2.06. The van der Waals surface area contributed by atoms with Crippen LogP contribution in [0.5, 0.6) is 0 Å². The summed E-state index contributed by atoms with van der Waals surface area (Å²) in [6.45, 7) is 1.65. The van der Waals surface area contributed by atoms with Gasteiger partial charge in [-0.3, -0.25) is 0 Å². The Morgan fingerprint density at radius 2 is 2.30 bits per heavy atom. The Morgan fingerprint density at radius 3 is 3.10 bits per heavy atom. The lowest BCUT2D eigenvalue weighted by molar-refractivity contribution is 0.186. The van der Waals surface area contributed by atoms with Crippen LogP contribution in [0.25, 0.3) is 11.2 Å². The molecule has 4 nitrogen and oxygen atoms in total. The molecule has 20 heavy (non-hydrogen) atoms. The number of pyridine rings is 1. The molecule has 0 radical (unpaired) electrons. The maximum absolute atomic E-state index is 5.59. The van der Waals surface area contributed by atoms with Crippen molar-refractivity contribution in [2.75, 3.05) is 19.0 Å². The van der Waals surface area contributed by atoms with Gasteiger partial charge >= 0.3 is 0 Å². The van der Waals surface area contributed by atoms with Crippen LogP contribution in [0, 0.1) is 0 Å². The van der Waals surface area contributed by atoms with Gasteiger partial charge in [0.15, 0.2) is 5.65 Å². The highest BCUT2D eigenvalue weighted by Crippen LogP contribution is 2.40. The first-order valence-corrected chi connectivity index (χ1v) is 8.50. The van der Waals surface area contributed by atoms with Crippen LogP contribution in [0.15, 0.2) is 18.3 Å². The van der Waals surface area contributed by atoms with Crippen molar-refractivity contribution in [3.05, 3.63) is 24.2 Å². The topological polar surface area (TPSA) is 39.9 Å². The molecule has 4 heterocycles. The van der Waals surface area contributed by atoms with Crippen molar-refractivity contribution in [3.8, 4) is 0 Å². The van der Waals surface area contributed by atoms with Crippen molar-refractivity contribution < 1.29 is 4.74 Å². The summed E-state index contributed by atoms with van der Waals surface area (Å²) in [5.74, 6) is 2.47. The molecular formula is C15H19N3OS. The highest BCUT2D eigenvalue weighted by molar-refractivity contribution is 7.99. The van der Waals surface area contributed by atoms with Crippen LogP contribution in [0.1, 0.15) is 42.8 Å². The Kier molecular flexibility index (Phi) is 3.40. The van der Waals surface area contributed by atoms with Crippen LogP contribution in [0.3, 0.4) is 0 Å². The molecule has 2 aliphatic heterocycles. The Hall–Kier alpha value is -1.07. The average Bonchev–Trinajstić information content (AvgIpc) is 3.14. The minimum atomic E-state index is 0.410. The molecular weight excluding hydrogens is 270 g/mol. The van der Waals surface area contributed by atoms with E-state index in [9.17, 15) is 0 Å².